The molecule has 3 heterocycles. The Balaban J connectivity index is 1.34. The molecule has 0 aromatic carbocycles. The zero-order valence-corrected chi connectivity index (χ0v) is 15.4. The van der Waals surface area contributed by atoms with Gasteiger partial charge in [-0.2, -0.15) is 5.10 Å². The molecular formula is C20H25N5O2. The Morgan fingerprint density at radius 3 is 2.70 bits per heavy atom. The molecule has 0 spiro atoms. The highest BCUT2D eigenvalue weighted by molar-refractivity contribution is 5.80. The van der Waals surface area contributed by atoms with Crippen LogP contribution >= 0.6 is 0 Å². The number of pyridine rings is 1. The number of nitrogens with zero attached hydrogens (tertiary/aromatic N) is 4. The van der Waals surface area contributed by atoms with Crippen LogP contribution < -0.4 is 5.32 Å². The summed E-state index contributed by atoms with van der Waals surface area (Å²) in [6, 6.07) is 5.74. The molecule has 1 aliphatic heterocycles. The molecule has 7 heteroatoms. The fourth-order valence-corrected chi connectivity index (χ4v) is 3.80. The SMILES string of the molecule is O=C(C[C@@H]1CN(C(=O)C2CCC2)Cc2ccnn21)NCCc1ccncc1. The lowest BCUT2D eigenvalue weighted by Crippen LogP contribution is -2.46. The van der Waals surface area contributed by atoms with Crippen LogP contribution in [0.4, 0.5) is 0 Å². The molecule has 1 atom stereocenters. The van der Waals surface area contributed by atoms with Crippen molar-refractivity contribution < 1.29 is 9.59 Å². The van der Waals surface area contributed by atoms with Crippen molar-refractivity contribution in [2.45, 2.75) is 44.7 Å². The van der Waals surface area contributed by atoms with Crippen LogP contribution in [0.1, 0.15) is 43.0 Å². The third kappa shape index (κ3) is 4.02. The average Bonchev–Trinajstić information content (AvgIpc) is 3.10. The van der Waals surface area contributed by atoms with E-state index < -0.39 is 0 Å². The lowest BCUT2D eigenvalue weighted by molar-refractivity contribution is -0.141. The quantitative estimate of drug-likeness (QED) is 0.843. The number of carbonyl (C=O) groups excluding carboxylic acids is 2. The molecule has 1 fully saturated rings. The summed E-state index contributed by atoms with van der Waals surface area (Å²) in [6.45, 7) is 1.74. The number of nitrogens with one attached hydrogen (secondary N) is 1. The summed E-state index contributed by atoms with van der Waals surface area (Å²) in [7, 11) is 0. The second-order valence-electron chi connectivity index (χ2n) is 7.43. The molecular weight excluding hydrogens is 342 g/mol. The third-order valence-corrected chi connectivity index (χ3v) is 5.55. The minimum absolute atomic E-state index is 0.00607. The molecule has 27 heavy (non-hydrogen) atoms. The molecule has 2 aliphatic rings. The molecule has 4 rings (SSSR count). The van der Waals surface area contributed by atoms with E-state index in [1.807, 2.05) is 27.8 Å². The number of carbonyl (C=O) groups is 2. The van der Waals surface area contributed by atoms with Gasteiger partial charge < -0.3 is 10.2 Å². The van der Waals surface area contributed by atoms with Crippen LogP contribution in [0.15, 0.2) is 36.8 Å². The van der Waals surface area contributed by atoms with Gasteiger partial charge in [-0.05, 0) is 43.0 Å². The highest BCUT2D eigenvalue weighted by Crippen LogP contribution is 2.31. The van der Waals surface area contributed by atoms with Crippen molar-refractivity contribution in [1.82, 2.24) is 25.0 Å². The number of fused-ring (bicyclic) bond motifs is 1. The van der Waals surface area contributed by atoms with E-state index in [0.717, 1.165) is 36.9 Å². The monoisotopic (exact) mass is 367 g/mol. The topological polar surface area (TPSA) is 80.1 Å². The maximum atomic E-state index is 12.7. The first-order chi connectivity index (χ1) is 13.2. The van der Waals surface area contributed by atoms with Gasteiger partial charge in [0.1, 0.15) is 0 Å². The maximum absolute atomic E-state index is 12.7. The lowest BCUT2D eigenvalue weighted by Gasteiger charge is -2.37. The molecule has 0 unspecified atom stereocenters. The van der Waals surface area contributed by atoms with Crippen LogP contribution in [-0.2, 0) is 22.6 Å². The van der Waals surface area contributed by atoms with Gasteiger partial charge in [-0.25, -0.2) is 0 Å². The smallest absolute Gasteiger partial charge is 0.226 e. The van der Waals surface area contributed by atoms with E-state index in [4.69, 9.17) is 0 Å². The van der Waals surface area contributed by atoms with Gasteiger partial charge in [0.15, 0.2) is 0 Å². The Morgan fingerprint density at radius 1 is 1.15 bits per heavy atom. The highest BCUT2D eigenvalue weighted by Gasteiger charge is 2.35. The Labute approximate surface area is 158 Å². The van der Waals surface area contributed by atoms with Crippen LogP contribution in [0.5, 0.6) is 0 Å². The minimum Gasteiger partial charge on any atom is -0.356 e. The predicted octanol–water partition coefficient (Wildman–Crippen LogP) is 1.71. The van der Waals surface area contributed by atoms with Crippen molar-refractivity contribution in [3.05, 3.63) is 48.0 Å². The molecule has 2 aromatic heterocycles. The van der Waals surface area contributed by atoms with Crippen molar-refractivity contribution >= 4 is 11.8 Å². The molecule has 0 saturated heterocycles. The fourth-order valence-electron chi connectivity index (χ4n) is 3.80. The van der Waals surface area contributed by atoms with Gasteiger partial charge in [0.05, 0.1) is 24.7 Å². The summed E-state index contributed by atoms with van der Waals surface area (Å²) >= 11 is 0. The average molecular weight is 367 g/mol. The fraction of sp³-hybridized carbons (Fsp3) is 0.500. The first-order valence-electron chi connectivity index (χ1n) is 9.67. The van der Waals surface area contributed by atoms with Crippen molar-refractivity contribution in [2.24, 2.45) is 5.92 Å². The van der Waals surface area contributed by atoms with Gasteiger partial charge in [-0.3, -0.25) is 19.3 Å². The Bertz CT molecular complexity index is 800. The second kappa shape index (κ2) is 7.90. The van der Waals surface area contributed by atoms with Crippen molar-refractivity contribution in [3.8, 4) is 0 Å². The Kier molecular flexibility index (Phi) is 5.18. The molecule has 2 amide bonds. The number of rotatable bonds is 6. The Morgan fingerprint density at radius 2 is 1.96 bits per heavy atom. The predicted molar refractivity (Wildman–Crippen MR) is 99.6 cm³/mol. The van der Waals surface area contributed by atoms with E-state index >= 15 is 0 Å². The first-order valence-corrected chi connectivity index (χ1v) is 9.67. The van der Waals surface area contributed by atoms with Crippen molar-refractivity contribution in [2.75, 3.05) is 13.1 Å². The van der Waals surface area contributed by atoms with E-state index in [-0.39, 0.29) is 23.8 Å². The van der Waals surface area contributed by atoms with Gasteiger partial charge in [0.25, 0.3) is 0 Å². The molecule has 7 nitrogen and oxygen atoms in total. The lowest BCUT2D eigenvalue weighted by atomic mass is 9.84. The van der Waals surface area contributed by atoms with Crippen LogP contribution in [0, 0.1) is 5.92 Å². The molecule has 1 aliphatic carbocycles. The molecule has 0 radical (unpaired) electrons. The van der Waals surface area contributed by atoms with Gasteiger partial charge >= 0.3 is 0 Å². The van der Waals surface area contributed by atoms with Gasteiger partial charge in [-0.1, -0.05) is 6.42 Å². The van der Waals surface area contributed by atoms with E-state index in [1.54, 1.807) is 18.6 Å². The summed E-state index contributed by atoms with van der Waals surface area (Å²) in [4.78, 5) is 31.0. The van der Waals surface area contributed by atoms with Gasteiger partial charge in [0, 0.05) is 37.6 Å². The number of hydrogen-bond acceptors (Lipinski definition) is 4. The number of hydrogen-bond donors (Lipinski definition) is 1. The van der Waals surface area contributed by atoms with Gasteiger partial charge in [0.2, 0.25) is 11.8 Å². The largest absolute Gasteiger partial charge is 0.356 e. The second-order valence-corrected chi connectivity index (χ2v) is 7.43. The van der Waals surface area contributed by atoms with Crippen molar-refractivity contribution in [3.63, 3.8) is 0 Å². The summed E-state index contributed by atoms with van der Waals surface area (Å²) in [5.41, 5.74) is 2.15. The highest BCUT2D eigenvalue weighted by atomic mass is 16.2. The maximum Gasteiger partial charge on any atom is 0.226 e. The standard InChI is InChI=1S/C20H25N5O2/c26-19(22-10-6-15-4-8-21-9-5-15)12-18-14-24(20(27)16-2-1-3-16)13-17-7-11-23-25(17)18/h4-5,7-9,11,16,18H,1-3,6,10,12-14H2,(H,22,26)/t18-/m1/s1. The summed E-state index contributed by atoms with van der Waals surface area (Å²) in [5, 5.41) is 7.37. The van der Waals surface area contributed by atoms with Crippen LogP contribution in [0.3, 0.4) is 0 Å². The molecule has 2 aromatic rings. The van der Waals surface area contributed by atoms with Crippen LogP contribution in [0.2, 0.25) is 0 Å². The zero-order valence-electron chi connectivity index (χ0n) is 15.4. The molecule has 142 valence electrons. The van der Waals surface area contributed by atoms with Crippen molar-refractivity contribution in [1.29, 1.82) is 0 Å². The first kappa shape index (κ1) is 17.7. The summed E-state index contributed by atoms with van der Waals surface area (Å²) in [6.07, 6.45) is 9.51. The molecule has 1 saturated carbocycles. The Hall–Kier alpha value is -2.70. The molecule has 1 N–H and O–H groups in total. The van der Waals surface area contributed by atoms with E-state index in [2.05, 4.69) is 15.4 Å². The zero-order chi connectivity index (χ0) is 18.6. The normalized spacial score (nSPS) is 19.3. The third-order valence-electron chi connectivity index (χ3n) is 5.55. The molecule has 0 bridgehead atoms. The van der Waals surface area contributed by atoms with E-state index in [0.29, 0.717) is 26.1 Å². The number of amides is 2. The van der Waals surface area contributed by atoms with E-state index in [9.17, 15) is 9.59 Å². The van der Waals surface area contributed by atoms with E-state index in [1.165, 1.54) is 0 Å². The van der Waals surface area contributed by atoms with Crippen LogP contribution in [0.25, 0.3) is 0 Å². The van der Waals surface area contributed by atoms with Crippen LogP contribution in [-0.4, -0.2) is 44.6 Å². The summed E-state index contributed by atoms with van der Waals surface area (Å²) in [5.74, 6) is 0.402. The number of aromatic nitrogens is 3. The van der Waals surface area contributed by atoms with Gasteiger partial charge in [-0.15, -0.1) is 0 Å². The summed E-state index contributed by atoms with van der Waals surface area (Å²) < 4.78 is 1.91. The minimum atomic E-state index is -0.103.